The highest BCUT2D eigenvalue weighted by molar-refractivity contribution is 8.48. The molecule has 11 rings (SSSR count). The molecular weight excluding hydrogens is 849 g/mol. The summed E-state index contributed by atoms with van der Waals surface area (Å²) in [6.45, 7) is 0. The Bertz CT molecular complexity index is 3330. The summed E-state index contributed by atoms with van der Waals surface area (Å²) in [5.74, 6) is 0. The molecule has 2 aliphatic carbocycles. The first-order valence-corrected chi connectivity index (χ1v) is 29.1. The van der Waals surface area contributed by atoms with E-state index in [1.54, 1.807) is 0 Å². The fourth-order valence-corrected chi connectivity index (χ4v) is 20.7. The van der Waals surface area contributed by atoms with Gasteiger partial charge in [-0.1, -0.05) is 146 Å². The molecule has 332 valence electrons. The number of benzene rings is 9. The maximum atomic E-state index is 2.59. The van der Waals surface area contributed by atoms with Crippen LogP contribution in [0.15, 0.2) is 218 Å². The standard InChI is InChI=1S/C63H58N2S2/c1-66(2,3)63(67(4,5)6)60-44-54(65(50-27-17-10-18-28-50)52-37-33-48(34-38-52)46-23-13-8-14-24-46)40-42-58(60)61-56-30-20-19-29-55(56)59-43-53(39-41-57(59)62(61)63)64(49-25-15-9-16-26-49)51-35-31-47(32-36-51)45-21-11-7-12-22-45/h7-13,15-23,25-44H,14,24H2,1-6H3. The van der Waals surface area contributed by atoms with E-state index in [1.807, 2.05) is 0 Å². The summed E-state index contributed by atoms with van der Waals surface area (Å²) in [7, 11) is -2.68. The van der Waals surface area contributed by atoms with Crippen molar-refractivity contribution in [2.24, 2.45) is 0 Å². The third-order valence-electron chi connectivity index (χ3n) is 14.0. The van der Waals surface area contributed by atoms with Crippen LogP contribution in [0, 0.1) is 0 Å². The molecule has 0 saturated heterocycles. The smallest absolute Gasteiger partial charge is 0.0818 e. The lowest BCUT2D eigenvalue weighted by Crippen LogP contribution is -2.36. The average molecular weight is 907 g/mol. The van der Waals surface area contributed by atoms with Crippen LogP contribution in [-0.4, -0.2) is 37.5 Å². The van der Waals surface area contributed by atoms with E-state index in [2.05, 4.69) is 266 Å². The fraction of sp³-hybridized carbons (Fsp3) is 0.143. The molecule has 0 N–H and O–H groups in total. The summed E-state index contributed by atoms with van der Waals surface area (Å²) in [4.78, 5) is 4.89. The molecule has 0 bridgehead atoms. The summed E-state index contributed by atoms with van der Waals surface area (Å²) in [5, 5.41) is 5.27. The van der Waals surface area contributed by atoms with Crippen molar-refractivity contribution in [2.45, 2.75) is 16.9 Å². The quantitative estimate of drug-likeness (QED) is 0.126. The summed E-state index contributed by atoms with van der Waals surface area (Å²) < 4.78 is -0.218. The Morgan fingerprint density at radius 3 is 1.45 bits per heavy atom. The third kappa shape index (κ3) is 7.21. The summed E-state index contributed by atoms with van der Waals surface area (Å²) >= 11 is 0. The molecule has 0 spiro atoms. The lowest BCUT2D eigenvalue weighted by Gasteiger charge is -2.59. The van der Waals surface area contributed by atoms with Crippen LogP contribution in [0.4, 0.5) is 34.1 Å². The first-order chi connectivity index (χ1) is 32.5. The number of hydrogen-bond donors (Lipinski definition) is 0. The Balaban J connectivity index is 1.13. The molecule has 67 heavy (non-hydrogen) atoms. The number of fused-ring (bicyclic) bond motifs is 8. The molecule has 0 fully saturated rings. The van der Waals surface area contributed by atoms with Crippen molar-refractivity contribution in [2.75, 3.05) is 47.3 Å². The van der Waals surface area contributed by atoms with E-state index < -0.39 is 20.1 Å². The average Bonchev–Trinajstić information content (AvgIpc) is 3.69. The predicted molar refractivity (Wildman–Crippen MR) is 300 cm³/mol. The van der Waals surface area contributed by atoms with Crippen molar-refractivity contribution >= 4 is 81.3 Å². The first-order valence-electron chi connectivity index (χ1n) is 23.3. The zero-order valence-electron chi connectivity index (χ0n) is 39.4. The summed E-state index contributed by atoms with van der Waals surface area (Å²) in [6.07, 6.45) is 24.3. The molecule has 0 heterocycles. The monoisotopic (exact) mass is 906 g/mol. The van der Waals surface area contributed by atoms with Crippen molar-refractivity contribution in [3.63, 3.8) is 0 Å². The lowest BCUT2D eigenvalue weighted by atomic mass is 9.91. The minimum absolute atomic E-state index is 0.218. The van der Waals surface area contributed by atoms with Crippen LogP contribution in [-0.2, 0) is 4.08 Å². The van der Waals surface area contributed by atoms with Gasteiger partial charge in [0.2, 0.25) is 0 Å². The molecule has 0 saturated carbocycles. The second-order valence-electron chi connectivity index (χ2n) is 19.5. The van der Waals surface area contributed by atoms with Gasteiger partial charge in [-0.3, -0.25) is 0 Å². The van der Waals surface area contributed by atoms with Crippen LogP contribution < -0.4 is 9.80 Å². The molecule has 9 aromatic rings. The van der Waals surface area contributed by atoms with E-state index in [-0.39, 0.29) is 4.08 Å². The largest absolute Gasteiger partial charge is 0.310 e. The zero-order chi connectivity index (χ0) is 45.9. The Morgan fingerprint density at radius 1 is 0.403 bits per heavy atom. The van der Waals surface area contributed by atoms with E-state index in [1.165, 1.54) is 71.7 Å². The Labute approximate surface area is 400 Å². The van der Waals surface area contributed by atoms with E-state index in [0.29, 0.717) is 0 Å². The Morgan fingerprint density at radius 2 is 0.881 bits per heavy atom. The molecule has 2 aliphatic rings. The van der Waals surface area contributed by atoms with Crippen molar-refractivity contribution in [3.8, 4) is 22.3 Å². The van der Waals surface area contributed by atoms with Gasteiger partial charge in [-0.05, 0) is 189 Å². The van der Waals surface area contributed by atoms with Gasteiger partial charge >= 0.3 is 0 Å². The van der Waals surface area contributed by atoms with Crippen LogP contribution in [0.1, 0.15) is 29.5 Å². The minimum atomic E-state index is -1.34. The van der Waals surface area contributed by atoms with E-state index in [0.717, 1.165) is 41.3 Å². The number of anilines is 6. The second kappa shape index (κ2) is 16.9. The maximum absolute atomic E-state index is 2.59. The van der Waals surface area contributed by atoms with Gasteiger partial charge in [0.25, 0.3) is 0 Å². The number of rotatable bonds is 10. The highest BCUT2D eigenvalue weighted by atomic mass is 32.3. The highest BCUT2D eigenvalue weighted by Gasteiger charge is 2.56. The van der Waals surface area contributed by atoms with Gasteiger partial charge in [0.05, 0.1) is 4.08 Å². The van der Waals surface area contributed by atoms with Crippen LogP contribution in [0.2, 0.25) is 0 Å². The second-order valence-corrected chi connectivity index (χ2v) is 28.3. The molecule has 0 atom stereocenters. The molecule has 0 amide bonds. The van der Waals surface area contributed by atoms with Gasteiger partial charge in [-0.2, -0.15) is 0 Å². The SMILES string of the molecule is CS(C)(C)C1(S(C)(C)C)c2cc(N(c3ccccc3)c3ccc(C4=CC=CCC4)cc3)ccc2-c2c1c1ccc(N(c3ccccc3)c3ccc(-c4ccccc4)cc3)cc1c1ccccc21. The van der Waals surface area contributed by atoms with E-state index in [9.17, 15) is 0 Å². The lowest BCUT2D eigenvalue weighted by molar-refractivity contribution is 1.05. The molecule has 0 radical (unpaired) electrons. The Hall–Kier alpha value is -6.72. The topological polar surface area (TPSA) is 6.48 Å². The van der Waals surface area contributed by atoms with Crippen molar-refractivity contribution in [1.29, 1.82) is 0 Å². The number of allylic oxidation sites excluding steroid dienone is 4. The van der Waals surface area contributed by atoms with Crippen LogP contribution in [0.3, 0.4) is 0 Å². The highest BCUT2D eigenvalue weighted by Crippen LogP contribution is 2.81. The molecule has 9 aromatic carbocycles. The molecule has 2 nitrogen and oxygen atoms in total. The fourth-order valence-electron chi connectivity index (χ4n) is 11.4. The molecular formula is C63H58N2S2. The third-order valence-corrected chi connectivity index (χ3v) is 21.3. The number of hydrogen-bond acceptors (Lipinski definition) is 2. The minimum Gasteiger partial charge on any atom is -0.310 e. The first kappa shape index (κ1) is 42.9. The molecule has 0 aromatic heterocycles. The number of para-hydroxylation sites is 2. The zero-order valence-corrected chi connectivity index (χ0v) is 41.0. The predicted octanol–water partition coefficient (Wildman–Crippen LogP) is 17.9. The van der Waals surface area contributed by atoms with Crippen LogP contribution in [0.5, 0.6) is 0 Å². The van der Waals surface area contributed by atoms with Crippen LogP contribution in [0.25, 0.3) is 49.4 Å². The van der Waals surface area contributed by atoms with Gasteiger partial charge in [0, 0.05) is 34.1 Å². The van der Waals surface area contributed by atoms with Crippen LogP contribution >= 0.6 is 20.1 Å². The van der Waals surface area contributed by atoms with E-state index >= 15 is 0 Å². The van der Waals surface area contributed by atoms with Crippen molar-refractivity contribution in [3.05, 3.63) is 235 Å². The van der Waals surface area contributed by atoms with Gasteiger partial charge in [-0.25, -0.2) is 20.1 Å². The van der Waals surface area contributed by atoms with Crippen molar-refractivity contribution in [1.82, 2.24) is 0 Å². The van der Waals surface area contributed by atoms with Gasteiger partial charge < -0.3 is 9.80 Å². The van der Waals surface area contributed by atoms with Gasteiger partial charge in [0.15, 0.2) is 0 Å². The Kier molecular flexibility index (Phi) is 10.8. The van der Waals surface area contributed by atoms with Gasteiger partial charge in [0.1, 0.15) is 0 Å². The number of nitrogens with zero attached hydrogens (tertiary/aromatic N) is 2. The molecule has 0 aliphatic heterocycles. The van der Waals surface area contributed by atoms with Crippen molar-refractivity contribution < 1.29 is 0 Å². The molecule has 0 unspecified atom stereocenters. The summed E-state index contributed by atoms with van der Waals surface area (Å²) in [5.41, 5.74) is 17.8. The summed E-state index contributed by atoms with van der Waals surface area (Å²) in [6, 6.07) is 74.7. The maximum Gasteiger partial charge on any atom is 0.0818 e. The molecule has 4 heteroatoms. The normalized spacial score (nSPS) is 14.6. The van der Waals surface area contributed by atoms with E-state index in [4.69, 9.17) is 0 Å². The van der Waals surface area contributed by atoms with Gasteiger partial charge in [-0.15, -0.1) is 0 Å².